The first-order valence-electron chi connectivity index (χ1n) is 9.03. The Morgan fingerprint density at radius 3 is 2.58 bits per heavy atom. The van der Waals surface area contributed by atoms with Gasteiger partial charge in [0.1, 0.15) is 0 Å². The van der Waals surface area contributed by atoms with Gasteiger partial charge in [0.2, 0.25) is 11.8 Å². The first-order valence-corrected chi connectivity index (χ1v) is 9.03. The molecule has 0 aliphatic carbocycles. The number of aliphatic carboxylic acids is 1. The van der Waals surface area contributed by atoms with Crippen LogP contribution in [0.15, 0.2) is 30.5 Å². The predicted molar refractivity (Wildman–Crippen MR) is 99.1 cm³/mol. The molecular weight excluding hydrogens is 332 g/mol. The average molecular weight is 358 g/mol. The Kier molecular flexibility index (Phi) is 7.38. The number of nitrogens with one attached hydrogen (secondary N) is 1. The van der Waals surface area contributed by atoms with Crippen LogP contribution in [0.2, 0.25) is 0 Å². The van der Waals surface area contributed by atoms with Crippen molar-refractivity contribution in [1.29, 1.82) is 0 Å². The molecule has 0 saturated heterocycles. The van der Waals surface area contributed by atoms with Crippen molar-refractivity contribution in [2.45, 2.75) is 51.5 Å². The van der Waals surface area contributed by atoms with Gasteiger partial charge in [0, 0.05) is 26.1 Å². The number of carbonyl (C=O) groups excluding carboxylic acids is 2. The van der Waals surface area contributed by atoms with Crippen LogP contribution in [-0.2, 0) is 14.4 Å². The molecule has 6 heteroatoms. The van der Waals surface area contributed by atoms with Crippen LogP contribution in [0.1, 0.15) is 62.6 Å². The van der Waals surface area contributed by atoms with Crippen molar-refractivity contribution in [3.05, 3.63) is 41.6 Å². The smallest absolute Gasteiger partial charge is 0.303 e. The Labute approximate surface area is 153 Å². The maximum Gasteiger partial charge on any atom is 0.303 e. The van der Waals surface area contributed by atoms with Crippen molar-refractivity contribution < 1.29 is 19.5 Å². The minimum atomic E-state index is -0.768. The van der Waals surface area contributed by atoms with Crippen LogP contribution >= 0.6 is 0 Å². The number of nitrogens with zero attached hydrogens (tertiary/aromatic N) is 1. The third kappa shape index (κ3) is 5.72. The molecule has 140 valence electrons. The van der Waals surface area contributed by atoms with Gasteiger partial charge in [-0.3, -0.25) is 14.4 Å². The quantitative estimate of drug-likeness (QED) is 0.664. The normalized spacial score (nSPS) is 15.4. The topological polar surface area (TPSA) is 86.7 Å². The molecule has 1 aliphatic heterocycles. The van der Waals surface area contributed by atoms with E-state index in [9.17, 15) is 14.4 Å². The van der Waals surface area contributed by atoms with Gasteiger partial charge in [-0.25, -0.2) is 0 Å². The standard InChI is InChI=1S/C20H26N2O4/c1-15(23)22-13-11-16-8-5-6-9-17(16)18(22)14-19(24)21-12-7-3-2-4-10-20(25)26/h5-6,8-9,11,13,18H,2-4,7,10,12,14H2,1H3,(H,21,24)(H,25,26). The Bertz CT molecular complexity index is 684. The van der Waals surface area contributed by atoms with Crippen molar-refractivity contribution in [2.24, 2.45) is 0 Å². The Morgan fingerprint density at radius 2 is 1.85 bits per heavy atom. The summed E-state index contributed by atoms with van der Waals surface area (Å²) in [5.41, 5.74) is 2.01. The van der Waals surface area contributed by atoms with E-state index in [1.54, 1.807) is 11.1 Å². The number of benzene rings is 1. The molecule has 1 unspecified atom stereocenters. The molecule has 26 heavy (non-hydrogen) atoms. The number of hydrogen-bond acceptors (Lipinski definition) is 3. The van der Waals surface area contributed by atoms with Crippen molar-refractivity contribution >= 4 is 23.9 Å². The highest BCUT2D eigenvalue weighted by atomic mass is 16.4. The van der Waals surface area contributed by atoms with E-state index in [1.807, 2.05) is 30.3 Å². The highest BCUT2D eigenvalue weighted by Crippen LogP contribution is 2.32. The zero-order valence-corrected chi connectivity index (χ0v) is 15.1. The lowest BCUT2D eigenvalue weighted by Gasteiger charge is -2.32. The predicted octanol–water partition coefficient (Wildman–Crippen LogP) is 3.10. The molecule has 1 aliphatic rings. The van der Waals surface area contributed by atoms with Gasteiger partial charge in [0.05, 0.1) is 12.5 Å². The van der Waals surface area contributed by atoms with Crippen molar-refractivity contribution in [2.75, 3.05) is 6.54 Å². The molecule has 2 N–H and O–H groups in total. The summed E-state index contributed by atoms with van der Waals surface area (Å²) in [7, 11) is 0. The number of rotatable bonds is 9. The zero-order valence-electron chi connectivity index (χ0n) is 15.1. The molecule has 0 radical (unpaired) electrons. The molecule has 2 amide bonds. The molecule has 2 rings (SSSR count). The number of amides is 2. The lowest BCUT2D eigenvalue weighted by atomic mass is 9.93. The van der Waals surface area contributed by atoms with Crippen LogP contribution in [0.3, 0.4) is 0 Å². The lowest BCUT2D eigenvalue weighted by Crippen LogP contribution is -2.35. The molecule has 0 bridgehead atoms. The largest absolute Gasteiger partial charge is 0.481 e. The lowest BCUT2D eigenvalue weighted by molar-refractivity contribution is -0.137. The molecule has 0 fully saturated rings. The highest BCUT2D eigenvalue weighted by Gasteiger charge is 2.27. The van der Waals surface area contributed by atoms with Gasteiger partial charge in [-0.1, -0.05) is 37.1 Å². The minimum Gasteiger partial charge on any atom is -0.481 e. The van der Waals surface area contributed by atoms with E-state index in [0.717, 1.165) is 30.4 Å². The number of carboxylic acid groups (broad SMARTS) is 1. The molecule has 1 aromatic rings. The number of carbonyl (C=O) groups is 3. The maximum absolute atomic E-state index is 12.3. The number of fused-ring (bicyclic) bond motifs is 1. The summed E-state index contributed by atoms with van der Waals surface area (Å²) < 4.78 is 0. The molecule has 0 saturated carbocycles. The van der Waals surface area contributed by atoms with E-state index in [1.165, 1.54) is 6.92 Å². The van der Waals surface area contributed by atoms with Crippen LogP contribution in [0, 0.1) is 0 Å². The molecule has 0 aromatic heterocycles. The summed E-state index contributed by atoms with van der Waals surface area (Å²) in [5.74, 6) is -0.945. The fourth-order valence-electron chi connectivity index (χ4n) is 3.14. The Hall–Kier alpha value is -2.63. The van der Waals surface area contributed by atoms with Crippen LogP contribution in [-0.4, -0.2) is 34.3 Å². The molecule has 0 spiro atoms. The molecule has 6 nitrogen and oxygen atoms in total. The van der Waals surface area contributed by atoms with E-state index in [2.05, 4.69) is 5.32 Å². The number of unbranched alkanes of at least 4 members (excludes halogenated alkanes) is 3. The average Bonchev–Trinajstić information content (AvgIpc) is 2.60. The summed E-state index contributed by atoms with van der Waals surface area (Å²) in [6.07, 6.45) is 7.28. The second-order valence-electron chi connectivity index (χ2n) is 6.50. The van der Waals surface area contributed by atoms with Crippen LogP contribution in [0.4, 0.5) is 0 Å². The second kappa shape index (κ2) is 9.75. The van der Waals surface area contributed by atoms with Crippen LogP contribution in [0.25, 0.3) is 6.08 Å². The molecule has 1 heterocycles. The fourth-order valence-corrected chi connectivity index (χ4v) is 3.14. The molecule has 1 atom stereocenters. The number of hydrogen-bond donors (Lipinski definition) is 2. The minimum absolute atomic E-state index is 0.0862. The van der Waals surface area contributed by atoms with Gasteiger partial charge < -0.3 is 15.3 Å². The van der Waals surface area contributed by atoms with Crippen LogP contribution < -0.4 is 5.32 Å². The third-order valence-corrected chi connectivity index (χ3v) is 4.49. The summed E-state index contributed by atoms with van der Waals surface area (Å²) in [6.45, 7) is 2.07. The zero-order chi connectivity index (χ0) is 18.9. The summed E-state index contributed by atoms with van der Waals surface area (Å²) in [5, 5.41) is 11.5. The second-order valence-corrected chi connectivity index (χ2v) is 6.50. The van der Waals surface area contributed by atoms with E-state index in [4.69, 9.17) is 5.11 Å². The first kappa shape index (κ1) is 19.7. The fraction of sp³-hybridized carbons (Fsp3) is 0.450. The van der Waals surface area contributed by atoms with E-state index < -0.39 is 5.97 Å². The molecule has 1 aromatic carbocycles. The third-order valence-electron chi connectivity index (χ3n) is 4.49. The first-order chi connectivity index (χ1) is 12.5. The Balaban J connectivity index is 1.82. The summed E-state index contributed by atoms with van der Waals surface area (Å²) in [6, 6.07) is 7.50. The van der Waals surface area contributed by atoms with Crippen LogP contribution in [0.5, 0.6) is 0 Å². The number of carboxylic acids is 1. The van der Waals surface area contributed by atoms with Gasteiger partial charge >= 0.3 is 5.97 Å². The van der Waals surface area contributed by atoms with Crippen molar-refractivity contribution in [3.8, 4) is 0 Å². The van der Waals surface area contributed by atoms with E-state index in [-0.39, 0.29) is 30.7 Å². The molecular formula is C20H26N2O4. The van der Waals surface area contributed by atoms with Gasteiger partial charge in [-0.2, -0.15) is 0 Å². The monoisotopic (exact) mass is 358 g/mol. The van der Waals surface area contributed by atoms with Gasteiger partial charge in [0.15, 0.2) is 0 Å². The maximum atomic E-state index is 12.3. The van der Waals surface area contributed by atoms with E-state index in [0.29, 0.717) is 13.0 Å². The van der Waals surface area contributed by atoms with Gasteiger partial charge in [0.25, 0.3) is 0 Å². The van der Waals surface area contributed by atoms with Crippen molar-refractivity contribution in [3.63, 3.8) is 0 Å². The Morgan fingerprint density at radius 1 is 1.12 bits per heavy atom. The van der Waals surface area contributed by atoms with Crippen molar-refractivity contribution in [1.82, 2.24) is 10.2 Å². The van der Waals surface area contributed by atoms with Gasteiger partial charge in [-0.05, 0) is 30.0 Å². The highest BCUT2D eigenvalue weighted by molar-refractivity contribution is 5.81. The SMILES string of the molecule is CC(=O)N1C=Cc2ccccc2C1CC(=O)NCCCCCCC(=O)O. The van der Waals surface area contributed by atoms with Gasteiger partial charge in [-0.15, -0.1) is 0 Å². The summed E-state index contributed by atoms with van der Waals surface area (Å²) >= 11 is 0. The summed E-state index contributed by atoms with van der Waals surface area (Å²) in [4.78, 5) is 36.3. The van der Waals surface area contributed by atoms with E-state index >= 15 is 0 Å².